The molecule has 148 valence electrons. The fraction of sp³-hybridized carbons (Fsp3) is 0.417. The van der Waals surface area contributed by atoms with E-state index in [2.05, 4.69) is 70.7 Å². The van der Waals surface area contributed by atoms with Crippen LogP contribution in [0, 0.1) is 0 Å². The van der Waals surface area contributed by atoms with E-state index < -0.39 is 0 Å². The second-order valence-electron chi connectivity index (χ2n) is 6.86. The first-order chi connectivity index (χ1) is 13.8. The minimum Gasteiger partial charge on any atom is -0.189 e. The summed E-state index contributed by atoms with van der Waals surface area (Å²) in [5.74, 6) is 0. The second kappa shape index (κ2) is 13.5. The number of unbranched alkanes of at least 4 members (excludes halogenated alkanes) is 4. The average molecular weight is 377 g/mol. The highest BCUT2D eigenvalue weighted by Gasteiger charge is 1.93. The molecule has 0 saturated carbocycles. The van der Waals surface area contributed by atoms with Gasteiger partial charge in [-0.3, -0.25) is 0 Å². The van der Waals surface area contributed by atoms with Crippen molar-refractivity contribution in [3.8, 4) is 0 Å². The van der Waals surface area contributed by atoms with Crippen LogP contribution in [0.5, 0.6) is 0 Å². The fourth-order valence-corrected chi connectivity index (χ4v) is 2.62. The quantitative estimate of drug-likeness (QED) is 0.203. The van der Waals surface area contributed by atoms with E-state index in [-0.39, 0.29) is 0 Å². The molecule has 0 aliphatic heterocycles. The van der Waals surface area contributed by atoms with Gasteiger partial charge >= 0.3 is 0 Å². The Morgan fingerprint density at radius 1 is 0.571 bits per heavy atom. The Kier molecular flexibility index (Phi) is 10.5. The number of hydrogen-bond acceptors (Lipinski definition) is 4. The molecule has 28 heavy (non-hydrogen) atoms. The molecule has 0 spiro atoms. The van der Waals surface area contributed by atoms with E-state index in [0.717, 1.165) is 48.4 Å². The summed E-state index contributed by atoms with van der Waals surface area (Å²) >= 11 is 0. The number of benzene rings is 2. The number of azo groups is 2. The largest absolute Gasteiger partial charge is 0.189 e. The first kappa shape index (κ1) is 21.7. The van der Waals surface area contributed by atoms with Crippen molar-refractivity contribution in [1.29, 1.82) is 0 Å². The Morgan fingerprint density at radius 2 is 0.964 bits per heavy atom. The van der Waals surface area contributed by atoms with Gasteiger partial charge in [-0.1, -0.05) is 75.9 Å². The highest BCUT2D eigenvalue weighted by molar-refractivity contribution is 5.70. The maximum absolute atomic E-state index is 4.27. The van der Waals surface area contributed by atoms with Crippen LogP contribution >= 0.6 is 0 Å². The summed E-state index contributed by atoms with van der Waals surface area (Å²) in [6.07, 6.45) is 11.3. The monoisotopic (exact) mass is 376 g/mol. The van der Waals surface area contributed by atoms with Crippen LogP contribution < -0.4 is 0 Å². The van der Waals surface area contributed by atoms with Crippen LogP contribution in [0.3, 0.4) is 0 Å². The molecular formula is C24H32N4. The first-order valence-electron chi connectivity index (χ1n) is 10.4. The fourth-order valence-electron chi connectivity index (χ4n) is 2.62. The number of nitrogens with zero attached hydrogens (tertiary/aromatic N) is 4. The normalized spacial score (nSPS) is 11.9. The third-order valence-corrected chi connectivity index (χ3v) is 4.35. The summed E-state index contributed by atoms with van der Waals surface area (Å²) in [5, 5.41) is 17.0. The molecule has 2 aromatic rings. The van der Waals surface area contributed by atoms with Crippen molar-refractivity contribution >= 4 is 23.5 Å². The molecule has 0 saturated heterocycles. The van der Waals surface area contributed by atoms with Crippen LogP contribution in [-0.2, 0) is 0 Å². The molecule has 4 heteroatoms. The minimum atomic E-state index is 0.809. The van der Waals surface area contributed by atoms with Gasteiger partial charge in [0.1, 0.15) is 0 Å². The average Bonchev–Trinajstić information content (AvgIpc) is 2.74. The van der Waals surface area contributed by atoms with Crippen LogP contribution in [0.15, 0.2) is 69.0 Å². The lowest BCUT2D eigenvalue weighted by atomic mass is 10.1. The molecule has 0 unspecified atom stereocenters. The maximum Gasteiger partial charge on any atom is 0.0852 e. The van der Waals surface area contributed by atoms with Gasteiger partial charge < -0.3 is 0 Å². The van der Waals surface area contributed by atoms with Gasteiger partial charge in [0.25, 0.3) is 0 Å². The molecular weight excluding hydrogens is 344 g/mol. The van der Waals surface area contributed by atoms with E-state index in [0.29, 0.717) is 0 Å². The Balaban J connectivity index is 1.82. The second-order valence-corrected chi connectivity index (χ2v) is 6.86. The van der Waals surface area contributed by atoms with Crippen molar-refractivity contribution in [2.24, 2.45) is 20.5 Å². The van der Waals surface area contributed by atoms with E-state index in [9.17, 15) is 0 Å². The van der Waals surface area contributed by atoms with E-state index in [1.54, 1.807) is 0 Å². The molecule has 0 aliphatic rings. The molecule has 0 radical (unpaired) electrons. The topological polar surface area (TPSA) is 49.4 Å². The lowest BCUT2D eigenvalue weighted by molar-refractivity contribution is 0.713. The van der Waals surface area contributed by atoms with Gasteiger partial charge in [-0.25, -0.2) is 0 Å². The van der Waals surface area contributed by atoms with Crippen LogP contribution in [0.1, 0.15) is 63.5 Å². The highest BCUT2D eigenvalue weighted by atomic mass is 15.1. The van der Waals surface area contributed by atoms with Gasteiger partial charge in [-0.15, -0.1) is 0 Å². The summed E-state index contributed by atoms with van der Waals surface area (Å²) in [5.41, 5.74) is 4.10. The van der Waals surface area contributed by atoms with Crippen molar-refractivity contribution in [3.05, 3.63) is 59.7 Å². The van der Waals surface area contributed by atoms with Crippen molar-refractivity contribution < 1.29 is 0 Å². The molecule has 4 nitrogen and oxygen atoms in total. The third-order valence-electron chi connectivity index (χ3n) is 4.35. The molecule has 0 amide bonds. The van der Waals surface area contributed by atoms with Crippen molar-refractivity contribution in [2.45, 2.75) is 52.4 Å². The summed E-state index contributed by atoms with van der Waals surface area (Å²) in [7, 11) is 0. The molecule has 0 aromatic heterocycles. The summed E-state index contributed by atoms with van der Waals surface area (Å²) in [6, 6.07) is 16.3. The zero-order valence-electron chi connectivity index (χ0n) is 17.2. The van der Waals surface area contributed by atoms with Crippen LogP contribution in [0.25, 0.3) is 12.2 Å². The number of hydrogen-bond donors (Lipinski definition) is 0. The van der Waals surface area contributed by atoms with Gasteiger partial charge in [0, 0.05) is 0 Å². The number of rotatable bonds is 12. The SMILES string of the molecule is CCCCCN=Nc1ccc(C=Cc2ccc(N=NCCCCC)cc2)cc1. The Morgan fingerprint density at radius 3 is 1.32 bits per heavy atom. The Hall–Kier alpha value is -2.62. The van der Waals surface area contributed by atoms with Gasteiger partial charge in [0.15, 0.2) is 0 Å². The molecule has 2 aromatic carbocycles. The molecule has 2 rings (SSSR count). The molecule has 0 N–H and O–H groups in total. The van der Waals surface area contributed by atoms with E-state index in [1.807, 2.05) is 24.3 Å². The highest BCUT2D eigenvalue weighted by Crippen LogP contribution is 2.18. The van der Waals surface area contributed by atoms with E-state index in [4.69, 9.17) is 0 Å². The van der Waals surface area contributed by atoms with E-state index in [1.165, 1.54) is 25.7 Å². The zero-order valence-corrected chi connectivity index (χ0v) is 17.2. The molecule has 0 atom stereocenters. The van der Waals surface area contributed by atoms with Crippen molar-refractivity contribution in [3.63, 3.8) is 0 Å². The van der Waals surface area contributed by atoms with Gasteiger partial charge in [-0.2, -0.15) is 20.5 Å². The minimum absolute atomic E-state index is 0.809. The predicted molar refractivity (Wildman–Crippen MR) is 120 cm³/mol. The van der Waals surface area contributed by atoms with Crippen LogP contribution in [0.2, 0.25) is 0 Å². The molecule has 0 fully saturated rings. The first-order valence-corrected chi connectivity index (χ1v) is 10.4. The summed E-state index contributed by atoms with van der Waals surface area (Å²) in [4.78, 5) is 0. The van der Waals surface area contributed by atoms with Crippen LogP contribution in [0.4, 0.5) is 11.4 Å². The van der Waals surface area contributed by atoms with E-state index >= 15 is 0 Å². The Labute approximate surface area is 169 Å². The van der Waals surface area contributed by atoms with Gasteiger partial charge in [0.2, 0.25) is 0 Å². The smallest absolute Gasteiger partial charge is 0.0852 e. The third kappa shape index (κ3) is 8.85. The zero-order chi connectivity index (χ0) is 19.9. The summed E-state index contributed by atoms with van der Waals surface area (Å²) in [6.45, 7) is 6.00. The van der Waals surface area contributed by atoms with Crippen LogP contribution in [-0.4, -0.2) is 13.1 Å². The van der Waals surface area contributed by atoms with Crippen molar-refractivity contribution in [1.82, 2.24) is 0 Å². The summed E-state index contributed by atoms with van der Waals surface area (Å²) < 4.78 is 0. The van der Waals surface area contributed by atoms with Gasteiger partial charge in [-0.05, 0) is 48.2 Å². The van der Waals surface area contributed by atoms with Gasteiger partial charge in [0.05, 0.1) is 24.5 Å². The molecule has 0 heterocycles. The standard InChI is InChI=1S/C24H32N4/c1-3-5-7-19-25-27-23-15-11-21(12-16-23)9-10-22-13-17-24(18-14-22)28-26-20-8-6-4-2/h9-18H,3-8,19-20H2,1-2H3. The Bertz CT molecular complexity index is 678. The predicted octanol–water partition coefficient (Wildman–Crippen LogP) is 8.40. The lowest BCUT2D eigenvalue weighted by Crippen LogP contribution is -1.78. The molecule has 0 aliphatic carbocycles. The lowest BCUT2D eigenvalue weighted by Gasteiger charge is -1.98. The van der Waals surface area contributed by atoms with Crippen molar-refractivity contribution in [2.75, 3.05) is 13.1 Å². The maximum atomic E-state index is 4.27. The molecule has 0 bridgehead atoms.